The lowest BCUT2D eigenvalue weighted by Gasteiger charge is -2.31. The molecule has 0 fully saturated rings. The molecule has 0 amide bonds. The summed E-state index contributed by atoms with van der Waals surface area (Å²) in [5.74, 6) is 3.97. The quantitative estimate of drug-likeness (QED) is 0.207. The van der Waals surface area contributed by atoms with Gasteiger partial charge in [-0.3, -0.25) is 0 Å². The highest BCUT2D eigenvalue weighted by Gasteiger charge is 2.29. The van der Waals surface area contributed by atoms with Crippen LogP contribution in [0.4, 0.5) is 0 Å². The molecule has 31 heavy (non-hydrogen) atoms. The second-order valence-electron chi connectivity index (χ2n) is 12.8. The van der Waals surface area contributed by atoms with E-state index < -0.39 is 22.3 Å². The van der Waals surface area contributed by atoms with E-state index in [1.54, 1.807) is 0 Å². The predicted molar refractivity (Wildman–Crippen MR) is 140 cm³/mol. The first-order chi connectivity index (χ1) is 13.8. The van der Waals surface area contributed by atoms with Gasteiger partial charge in [-0.1, -0.05) is 86.7 Å². The molecule has 0 aliphatic carbocycles. The summed E-state index contributed by atoms with van der Waals surface area (Å²) in [6.07, 6.45) is -0.795. The van der Waals surface area contributed by atoms with Gasteiger partial charge < -0.3 is 14.6 Å². The minimum Gasteiger partial charge on any atom is -0.467 e. The van der Waals surface area contributed by atoms with Crippen LogP contribution in [0, 0.1) is 11.5 Å². The lowest BCUT2D eigenvalue weighted by molar-refractivity contribution is 0.0199. The zero-order chi connectivity index (χ0) is 24.3. The van der Waals surface area contributed by atoms with Crippen molar-refractivity contribution in [1.82, 2.24) is 0 Å². The molecule has 1 unspecified atom stereocenters. The Hall–Kier alpha value is -1.07. The van der Waals surface area contributed by atoms with Crippen LogP contribution >= 0.6 is 0 Å². The van der Waals surface area contributed by atoms with E-state index in [0.717, 1.165) is 35.1 Å². The van der Waals surface area contributed by atoms with Crippen LogP contribution in [0.15, 0.2) is 12.1 Å². The summed E-state index contributed by atoms with van der Waals surface area (Å²) < 4.78 is 12.1. The summed E-state index contributed by atoms with van der Waals surface area (Å²) in [4.78, 5) is 0. The van der Waals surface area contributed by atoms with Gasteiger partial charge in [0.1, 0.15) is 19.9 Å². The van der Waals surface area contributed by atoms with Crippen molar-refractivity contribution in [3.05, 3.63) is 28.8 Å². The van der Waals surface area contributed by atoms with Gasteiger partial charge in [-0.05, 0) is 34.6 Å². The van der Waals surface area contributed by atoms with Gasteiger partial charge >= 0.3 is 0 Å². The molecule has 5 heteroatoms. The van der Waals surface area contributed by atoms with Crippen molar-refractivity contribution in [2.75, 3.05) is 13.4 Å². The Labute approximate surface area is 194 Å². The molecule has 1 N–H and O–H groups in total. The van der Waals surface area contributed by atoms with E-state index in [2.05, 4.69) is 104 Å². The van der Waals surface area contributed by atoms with Gasteiger partial charge in [0.2, 0.25) is 0 Å². The number of rotatable bonds is 7. The van der Waals surface area contributed by atoms with E-state index in [9.17, 15) is 5.11 Å². The van der Waals surface area contributed by atoms with Crippen LogP contribution in [0.5, 0.6) is 5.75 Å². The van der Waals surface area contributed by atoms with Gasteiger partial charge in [-0.25, -0.2) is 0 Å². The largest absolute Gasteiger partial charge is 0.467 e. The van der Waals surface area contributed by atoms with Crippen molar-refractivity contribution in [2.24, 2.45) is 0 Å². The topological polar surface area (TPSA) is 38.7 Å². The third-order valence-electron chi connectivity index (χ3n) is 4.91. The molecule has 0 saturated heterocycles. The Bertz CT molecular complexity index is 757. The molecule has 0 radical (unpaired) electrons. The molecule has 176 valence electrons. The van der Waals surface area contributed by atoms with Crippen molar-refractivity contribution in [1.29, 1.82) is 0 Å². The third-order valence-corrected chi connectivity index (χ3v) is 7.51. The summed E-state index contributed by atoms with van der Waals surface area (Å²) in [5, 5.41) is 10.9. The molecule has 1 aromatic rings. The SMILES string of the molecule is CC(C)(C)c1cc(C(O)C#C[Si](C)(C)C)cc(C(C)(C)C)c1OCOCC[Si](C)(C)C. The van der Waals surface area contributed by atoms with Crippen molar-refractivity contribution >= 4 is 16.1 Å². The highest BCUT2D eigenvalue weighted by molar-refractivity contribution is 6.83. The Kier molecular flexibility index (Phi) is 9.25. The molecule has 0 bridgehead atoms. The second kappa shape index (κ2) is 10.2. The number of benzene rings is 1. The number of ether oxygens (including phenoxy) is 2. The fraction of sp³-hybridized carbons (Fsp3) is 0.692. The van der Waals surface area contributed by atoms with Crippen LogP contribution in [0.3, 0.4) is 0 Å². The second-order valence-corrected chi connectivity index (χ2v) is 23.2. The highest BCUT2D eigenvalue weighted by Crippen LogP contribution is 2.41. The van der Waals surface area contributed by atoms with Crippen molar-refractivity contribution in [2.45, 2.75) is 104 Å². The first kappa shape index (κ1) is 28.0. The first-order valence-corrected chi connectivity index (χ1v) is 18.6. The molecule has 1 aromatic carbocycles. The van der Waals surface area contributed by atoms with Crippen LogP contribution in [0.2, 0.25) is 45.3 Å². The molecule has 0 aliphatic heterocycles. The van der Waals surface area contributed by atoms with Crippen LogP contribution in [-0.2, 0) is 15.6 Å². The Morgan fingerprint density at radius 3 is 1.77 bits per heavy atom. The molecule has 3 nitrogen and oxygen atoms in total. The fourth-order valence-electron chi connectivity index (χ4n) is 2.98. The van der Waals surface area contributed by atoms with E-state index in [4.69, 9.17) is 9.47 Å². The van der Waals surface area contributed by atoms with Crippen LogP contribution in [0.25, 0.3) is 0 Å². The minimum atomic E-state index is -1.56. The van der Waals surface area contributed by atoms with E-state index in [-0.39, 0.29) is 17.6 Å². The minimum absolute atomic E-state index is 0.143. The van der Waals surface area contributed by atoms with Gasteiger partial charge in [-0.15, -0.1) is 5.54 Å². The summed E-state index contributed by atoms with van der Waals surface area (Å²) in [6, 6.07) is 5.25. The standard InChI is InChI=1S/C26H46O3Si2/c1-25(2,3)21-17-20(23(27)13-15-30(7,8)9)18-22(26(4,5)6)24(21)29-19-28-14-16-31(10,11)12/h17-18,23,27H,14,16,19H2,1-12H3. The molecule has 0 heterocycles. The van der Waals surface area contributed by atoms with E-state index >= 15 is 0 Å². The molecule has 1 atom stereocenters. The van der Waals surface area contributed by atoms with Crippen LogP contribution in [0.1, 0.15) is 64.3 Å². The zero-order valence-corrected chi connectivity index (χ0v) is 24.1. The smallest absolute Gasteiger partial charge is 0.189 e. The van der Waals surface area contributed by atoms with Gasteiger partial charge in [0, 0.05) is 25.8 Å². The number of aliphatic hydroxyl groups is 1. The highest BCUT2D eigenvalue weighted by atomic mass is 28.3. The first-order valence-electron chi connectivity index (χ1n) is 11.4. The summed E-state index contributed by atoms with van der Waals surface area (Å²) in [6.45, 7) is 27.7. The molecular weight excluding hydrogens is 416 g/mol. The fourth-order valence-corrected chi connectivity index (χ4v) is 4.31. The van der Waals surface area contributed by atoms with E-state index in [0.29, 0.717) is 0 Å². The number of hydrogen-bond acceptors (Lipinski definition) is 3. The summed E-state index contributed by atoms with van der Waals surface area (Å²) >= 11 is 0. The molecule has 1 rings (SSSR count). The summed E-state index contributed by atoms with van der Waals surface area (Å²) in [7, 11) is -2.69. The average Bonchev–Trinajstić information content (AvgIpc) is 2.55. The maximum Gasteiger partial charge on any atom is 0.189 e. The van der Waals surface area contributed by atoms with Crippen LogP contribution in [-0.4, -0.2) is 34.7 Å². The Morgan fingerprint density at radius 1 is 0.903 bits per heavy atom. The average molecular weight is 463 g/mol. The van der Waals surface area contributed by atoms with Crippen LogP contribution < -0.4 is 4.74 Å². The lowest BCUT2D eigenvalue weighted by Crippen LogP contribution is -2.24. The maximum atomic E-state index is 10.9. The number of aliphatic hydroxyl groups excluding tert-OH is 1. The van der Waals surface area contributed by atoms with Gasteiger partial charge in [0.15, 0.2) is 6.79 Å². The molecular formula is C26H46O3Si2. The van der Waals surface area contributed by atoms with Gasteiger partial charge in [-0.2, -0.15) is 0 Å². The lowest BCUT2D eigenvalue weighted by atomic mass is 9.78. The predicted octanol–water partition coefficient (Wildman–Crippen LogP) is 6.89. The molecule has 0 aromatic heterocycles. The summed E-state index contributed by atoms with van der Waals surface area (Å²) in [5.41, 5.74) is 6.02. The monoisotopic (exact) mass is 462 g/mol. The molecule has 0 spiro atoms. The molecule has 0 aliphatic rings. The van der Waals surface area contributed by atoms with Crippen molar-refractivity contribution in [3.63, 3.8) is 0 Å². The van der Waals surface area contributed by atoms with Gasteiger partial charge in [0.05, 0.1) is 0 Å². The Balaban J connectivity index is 3.36. The van der Waals surface area contributed by atoms with E-state index in [1.165, 1.54) is 0 Å². The third kappa shape index (κ3) is 9.95. The van der Waals surface area contributed by atoms with Crippen molar-refractivity contribution < 1.29 is 14.6 Å². The maximum absolute atomic E-state index is 10.9. The van der Waals surface area contributed by atoms with E-state index in [1.807, 2.05) is 0 Å². The van der Waals surface area contributed by atoms with Gasteiger partial charge in [0.25, 0.3) is 0 Å². The Morgan fingerprint density at radius 2 is 1.39 bits per heavy atom. The van der Waals surface area contributed by atoms with Crippen molar-refractivity contribution in [3.8, 4) is 17.2 Å². The number of hydrogen-bond donors (Lipinski definition) is 1. The normalized spacial score (nSPS) is 14.1. The molecule has 0 saturated carbocycles. The zero-order valence-electron chi connectivity index (χ0n) is 22.1.